The number of piperidine rings is 1. The van der Waals surface area contributed by atoms with Gasteiger partial charge in [-0.1, -0.05) is 0 Å². The number of hydrogen-bond donors (Lipinski definition) is 0. The molecule has 0 aromatic carbocycles. The minimum Gasteiger partial charge on any atom is -0.361 e. The van der Waals surface area contributed by atoms with Crippen LogP contribution in [0.1, 0.15) is 35.1 Å². The maximum atomic E-state index is 12.8. The maximum absolute atomic E-state index is 12.8. The Labute approximate surface area is 184 Å². The molecule has 32 heavy (non-hydrogen) atoms. The number of anilines is 1. The lowest BCUT2D eigenvalue weighted by atomic mass is 9.96. The normalized spacial score (nSPS) is 14.6. The summed E-state index contributed by atoms with van der Waals surface area (Å²) in [7, 11) is 3.78. The molecule has 10 heteroatoms. The van der Waals surface area contributed by atoms with Gasteiger partial charge in [-0.3, -0.25) is 9.78 Å². The Bertz CT molecular complexity index is 1230. The Morgan fingerprint density at radius 3 is 2.53 bits per heavy atom. The van der Waals surface area contributed by atoms with Crippen molar-refractivity contribution in [2.45, 2.75) is 18.8 Å². The van der Waals surface area contributed by atoms with Gasteiger partial charge in [0.15, 0.2) is 23.0 Å². The van der Waals surface area contributed by atoms with Crippen molar-refractivity contribution in [3.63, 3.8) is 0 Å². The summed E-state index contributed by atoms with van der Waals surface area (Å²) in [5, 5.41) is 21.7. The van der Waals surface area contributed by atoms with Gasteiger partial charge < -0.3 is 9.80 Å². The van der Waals surface area contributed by atoms with Gasteiger partial charge in [0.2, 0.25) is 0 Å². The third kappa shape index (κ3) is 3.75. The van der Waals surface area contributed by atoms with E-state index in [0.29, 0.717) is 24.4 Å². The van der Waals surface area contributed by atoms with Crippen LogP contribution in [0.4, 0.5) is 5.82 Å². The van der Waals surface area contributed by atoms with E-state index in [1.807, 2.05) is 52.7 Å². The van der Waals surface area contributed by atoms with Crippen molar-refractivity contribution in [1.82, 2.24) is 39.9 Å². The van der Waals surface area contributed by atoms with E-state index >= 15 is 0 Å². The summed E-state index contributed by atoms with van der Waals surface area (Å²) in [6, 6.07) is 11.2. The van der Waals surface area contributed by atoms with Crippen LogP contribution in [0, 0.1) is 0 Å². The highest BCUT2D eigenvalue weighted by molar-refractivity contribution is 5.92. The third-order valence-electron chi connectivity index (χ3n) is 5.72. The molecule has 162 valence electrons. The van der Waals surface area contributed by atoms with Crippen molar-refractivity contribution in [3.05, 3.63) is 60.3 Å². The van der Waals surface area contributed by atoms with Gasteiger partial charge in [0, 0.05) is 51.1 Å². The number of nitrogens with zero attached hydrogens (tertiary/aromatic N) is 9. The van der Waals surface area contributed by atoms with E-state index in [1.54, 1.807) is 24.5 Å². The van der Waals surface area contributed by atoms with Gasteiger partial charge in [-0.05, 0) is 49.2 Å². The highest BCUT2D eigenvalue weighted by Crippen LogP contribution is 2.28. The zero-order chi connectivity index (χ0) is 22.1. The topological polar surface area (TPSA) is 105 Å². The standard InChI is InChI=1S/C22H23N9O/c1-29(2)19-7-6-18(24-25-19)22(32)30-12-9-15(10-13-30)21-27-26-20-8-5-17(28-31(20)21)16-4-3-11-23-14-16/h3-8,11,14-15H,9-10,12-13H2,1-2H3. The molecule has 4 aromatic heterocycles. The molecule has 5 rings (SSSR count). The van der Waals surface area contributed by atoms with Gasteiger partial charge in [0.1, 0.15) is 0 Å². The fourth-order valence-corrected chi connectivity index (χ4v) is 3.91. The van der Waals surface area contributed by atoms with Gasteiger partial charge >= 0.3 is 0 Å². The van der Waals surface area contributed by atoms with E-state index in [2.05, 4.69) is 25.4 Å². The van der Waals surface area contributed by atoms with Crippen molar-refractivity contribution in [1.29, 1.82) is 0 Å². The average molecular weight is 429 g/mol. The predicted molar refractivity (Wildman–Crippen MR) is 118 cm³/mol. The van der Waals surface area contributed by atoms with Crippen LogP contribution >= 0.6 is 0 Å². The highest BCUT2D eigenvalue weighted by Gasteiger charge is 2.28. The molecular formula is C22H23N9O. The summed E-state index contributed by atoms with van der Waals surface area (Å²) in [5.41, 5.74) is 2.84. The van der Waals surface area contributed by atoms with Crippen LogP contribution in [0.25, 0.3) is 16.9 Å². The first-order chi connectivity index (χ1) is 15.6. The summed E-state index contributed by atoms with van der Waals surface area (Å²) in [5.74, 6) is 1.63. The number of rotatable bonds is 4. The molecule has 0 unspecified atom stereocenters. The molecule has 10 nitrogen and oxygen atoms in total. The molecular weight excluding hydrogens is 406 g/mol. The number of fused-ring (bicyclic) bond motifs is 1. The number of pyridine rings is 1. The van der Waals surface area contributed by atoms with Crippen LogP contribution in [0.15, 0.2) is 48.8 Å². The van der Waals surface area contributed by atoms with Crippen LogP contribution in [0.3, 0.4) is 0 Å². The molecule has 1 aliphatic heterocycles. The number of carbonyl (C=O) groups excluding carboxylic acids is 1. The minimum absolute atomic E-state index is 0.0932. The fraction of sp³-hybridized carbons (Fsp3) is 0.318. The largest absolute Gasteiger partial charge is 0.361 e. The molecule has 5 heterocycles. The first-order valence-electron chi connectivity index (χ1n) is 10.5. The summed E-state index contributed by atoms with van der Waals surface area (Å²) in [6.45, 7) is 1.25. The fourth-order valence-electron chi connectivity index (χ4n) is 3.91. The second kappa shape index (κ2) is 8.29. The Balaban J connectivity index is 1.31. The third-order valence-corrected chi connectivity index (χ3v) is 5.72. The molecule has 0 spiro atoms. The van der Waals surface area contributed by atoms with Crippen LogP contribution in [0.5, 0.6) is 0 Å². The van der Waals surface area contributed by atoms with Gasteiger partial charge in [-0.2, -0.15) is 9.61 Å². The Hall–Kier alpha value is -3.95. The zero-order valence-corrected chi connectivity index (χ0v) is 18.0. The van der Waals surface area contributed by atoms with Gasteiger partial charge in [0.05, 0.1) is 5.69 Å². The van der Waals surface area contributed by atoms with Crippen molar-refractivity contribution in [2.24, 2.45) is 0 Å². The van der Waals surface area contributed by atoms with Crippen LogP contribution in [-0.4, -0.2) is 73.0 Å². The van der Waals surface area contributed by atoms with Crippen molar-refractivity contribution < 1.29 is 4.79 Å². The molecule has 0 bridgehead atoms. The zero-order valence-electron chi connectivity index (χ0n) is 18.0. The highest BCUT2D eigenvalue weighted by atomic mass is 16.2. The number of likely N-dealkylation sites (tertiary alicyclic amines) is 1. The van der Waals surface area contributed by atoms with E-state index < -0.39 is 0 Å². The van der Waals surface area contributed by atoms with E-state index in [9.17, 15) is 4.79 Å². The van der Waals surface area contributed by atoms with E-state index in [4.69, 9.17) is 5.10 Å². The van der Waals surface area contributed by atoms with Crippen LogP contribution < -0.4 is 4.90 Å². The lowest BCUT2D eigenvalue weighted by Crippen LogP contribution is -2.38. The maximum Gasteiger partial charge on any atom is 0.274 e. The molecule has 1 fully saturated rings. The van der Waals surface area contributed by atoms with E-state index in [-0.39, 0.29) is 11.8 Å². The predicted octanol–water partition coefficient (Wildman–Crippen LogP) is 2.06. The number of hydrogen-bond acceptors (Lipinski definition) is 8. The first-order valence-corrected chi connectivity index (χ1v) is 10.5. The monoisotopic (exact) mass is 429 g/mol. The minimum atomic E-state index is -0.0932. The Morgan fingerprint density at radius 2 is 1.84 bits per heavy atom. The smallest absolute Gasteiger partial charge is 0.274 e. The van der Waals surface area contributed by atoms with Crippen molar-refractivity contribution in [3.8, 4) is 11.3 Å². The molecule has 0 atom stereocenters. The van der Waals surface area contributed by atoms with E-state index in [1.165, 1.54) is 0 Å². The number of amides is 1. The first kappa shape index (κ1) is 20.0. The summed E-state index contributed by atoms with van der Waals surface area (Å²) >= 11 is 0. The summed E-state index contributed by atoms with van der Waals surface area (Å²) < 4.78 is 1.82. The molecule has 1 saturated heterocycles. The Kier molecular flexibility index (Phi) is 5.18. The second-order valence-electron chi connectivity index (χ2n) is 8.03. The average Bonchev–Trinajstić information content (AvgIpc) is 3.27. The molecule has 0 saturated carbocycles. The number of aromatic nitrogens is 7. The lowest BCUT2D eigenvalue weighted by Gasteiger charge is -2.30. The Morgan fingerprint density at radius 1 is 1.00 bits per heavy atom. The van der Waals surface area contributed by atoms with Gasteiger partial charge in [-0.15, -0.1) is 20.4 Å². The number of carbonyl (C=O) groups is 1. The molecule has 0 radical (unpaired) electrons. The molecule has 1 amide bonds. The van der Waals surface area contributed by atoms with Crippen LogP contribution in [0.2, 0.25) is 0 Å². The summed E-state index contributed by atoms with van der Waals surface area (Å²) in [6.07, 6.45) is 5.10. The lowest BCUT2D eigenvalue weighted by molar-refractivity contribution is 0.0703. The van der Waals surface area contributed by atoms with E-state index in [0.717, 1.165) is 35.7 Å². The van der Waals surface area contributed by atoms with Crippen molar-refractivity contribution in [2.75, 3.05) is 32.1 Å². The quantitative estimate of drug-likeness (QED) is 0.485. The molecule has 4 aromatic rings. The molecule has 0 aliphatic carbocycles. The second-order valence-corrected chi connectivity index (χ2v) is 8.03. The molecule has 1 aliphatic rings. The van der Waals surface area contributed by atoms with Crippen LogP contribution in [-0.2, 0) is 0 Å². The SMILES string of the molecule is CN(C)c1ccc(C(=O)N2CCC(c3nnc4ccc(-c5cccnc5)nn34)CC2)nn1. The molecule has 0 N–H and O–H groups in total. The van der Waals surface area contributed by atoms with Gasteiger partial charge in [-0.25, -0.2) is 0 Å². The van der Waals surface area contributed by atoms with Crippen molar-refractivity contribution >= 4 is 17.4 Å². The summed E-state index contributed by atoms with van der Waals surface area (Å²) in [4.78, 5) is 20.7. The van der Waals surface area contributed by atoms with Gasteiger partial charge in [0.25, 0.3) is 5.91 Å².